The van der Waals surface area contributed by atoms with Crippen LogP contribution in [-0.4, -0.2) is 41.6 Å². The summed E-state index contributed by atoms with van der Waals surface area (Å²) < 4.78 is 5.81. The number of unbranched alkanes of at least 4 members (excludes halogenated alkanes) is 2. The van der Waals surface area contributed by atoms with Gasteiger partial charge in [-0.2, -0.15) is 0 Å². The summed E-state index contributed by atoms with van der Waals surface area (Å²) in [7, 11) is 0. The van der Waals surface area contributed by atoms with E-state index in [2.05, 4.69) is 12.1 Å². The van der Waals surface area contributed by atoms with Crippen LogP contribution in [0.3, 0.4) is 0 Å². The highest BCUT2D eigenvalue weighted by Crippen LogP contribution is 2.38. The first-order valence-electron chi connectivity index (χ1n) is 11.6. The molecular formula is C26H34N2O4. The van der Waals surface area contributed by atoms with Crippen LogP contribution in [-0.2, 0) is 16.0 Å². The zero-order valence-electron chi connectivity index (χ0n) is 18.6. The van der Waals surface area contributed by atoms with Gasteiger partial charge in [0.05, 0.1) is 25.0 Å². The van der Waals surface area contributed by atoms with Crippen LogP contribution in [0.1, 0.15) is 55.7 Å². The summed E-state index contributed by atoms with van der Waals surface area (Å²) in [5, 5.41) is 9.24. The fraction of sp³-hybridized carbons (Fsp3) is 0.462. The topological polar surface area (TPSA) is 92.9 Å². The third-order valence-electron chi connectivity index (χ3n) is 6.03. The van der Waals surface area contributed by atoms with Crippen LogP contribution >= 0.6 is 0 Å². The molecule has 6 heteroatoms. The van der Waals surface area contributed by atoms with Crippen molar-refractivity contribution in [3.63, 3.8) is 0 Å². The van der Waals surface area contributed by atoms with Crippen LogP contribution < -0.4 is 10.5 Å². The molecule has 3 rings (SSSR count). The average Bonchev–Trinajstić information content (AvgIpc) is 3.09. The average molecular weight is 439 g/mol. The van der Waals surface area contributed by atoms with Crippen molar-refractivity contribution >= 4 is 11.9 Å². The molecule has 0 spiro atoms. The van der Waals surface area contributed by atoms with E-state index in [0.717, 1.165) is 43.4 Å². The largest absolute Gasteiger partial charge is 0.494 e. The molecule has 32 heavy (non-hydrogen) atoms. The normalized spacial score (nSPS) is 18.2. The van der Waals surface area contributed by atoms with Crippen LogP contribution in [0.2, 0.25) is 0 Å². The van der Waals surface area contributed by atoms with E-state index < -0.39 is 11.9 Å². The van der Waals surface area contributed by atoms with Crippen molar-refractivity contribution in [1.82, 2.24) is 4.90 Å². The maximum Gasteiger partial charge on any atom is 0.304 e. The van der Waals surface area contributed by atoms with Gasteiger partial charge in [0.15, 0.2) is 0 Å². The first-order chi connectivity index (χ1) is 15.6. The summed E-state index contributed by atoms with van der Waals surface area (Å²) in [6.45, 7) is 1.99. The summed E-state index contributed by atoms with van der Waals surface area (Å²) in [4.78, 5) is 26.1. The monoisotopic (exact) mass is 438 g/mol. The molecule has 1 aliphatic heterocycles. The van der Waals surface area contributed by atoms with Crippen molar-refractivity contribution in [3.05, 3.63) is 65.7 Å². The molecule has 1 saturated heterocycles. The van der Waals surface area contributed by atoms with E-state index in [1.54, 1.807) is 0 Å². The number of hydrogen-bond donors (Lipinski definition) is 2. The second kappa shape index (κ2) is 12.2. The lowest BCUT2D eigenvalue weighted by atomic mass is 9.97. The Bertz CT molecular complexity index is 854. The van der Waals surface area contributed by atoms with Crippen molar-refractivity contribution in [3.8, 4) is 5.75 Å². The van der Waals surface area contributed by atoms with Gasteiger partial charge in [-0.15, -0.1) is 0 Å². The van der Waals surface area contributed by atoms with Crippen molar-refractivity contribution in [2.45, 2.75) is 51.0 Å². The second-order valence-electron chi connectivity index (χ2n) is 8.43. The summed E-state index contributed by atoms with van der Waals surface area (Å²) in [5.41, 5.74) is 7.78. The molecule has 1 amide bonds. The molecular weight excluding hydrogens is 404 g/mol. The van der Waals surface area contributed by atoms with Crippen LogP contribution in [0, 0.1) is 5.92 Å². The van der Waals surface area contributed by atoms with Gasteiger partial charge in [-0.05, 0) is 68.3 Å². The van der Waals surface area contributed by atoms with Gasteiger partial charge >= 0.3 is 5.97 Å². The van der Waals surface area contributed by atoms with Gasteiger partial charge in [0, 0.05) is 6.54 Å². The Morgan fingerprint density at radius 1 is 1.03 bits per heavy atom. The summed E-state index contributed by atoms with van der Waals surface area (Å²) >= 11 is 0. The predicted octanol–water partition coefficient (Wildman–Crippen LogP) is 4.19. The number of nitrogens with zero attached hydrogens (tertiary/aromatic N) is 1. The lowest BCUT2D eigenvalue weighted by molar-refractivity contribution is -0.142. The fourth-order valence-corrected chi connectivity index (χ4v) is 4.35. The Labute approximate surface area is 190 Å². The highest BCUT2D eigenvalue weighted by Gasteiger charge is 2.40. The molecule has 3 N–H and O–H groups in total. The van der Waals surface area contributed by atoms with E-state index in [1.165, 1.54) is 5.56 Å². The molecule has 0 aliphatic carbocycles. The minimum atomic E-state index is -0.924. The van der Waals surface area contributed by atoms with Gasteiger partial charge in [-0.3, -0.25) is 9.59 Å². The molecule has 1 aliphatic rings. The molecule has 0 radical (unpaired) electrons. The van der Waals surface area contributed by atoms with E-state index in [-0.39, 0.29) is 18.4 Å². The van der Waals surface area contributed by atoms with E-state index >= 15 is 0 Å². The Hall–Kier alpha value is -2.86. The van der Waals surface area contributed by atoms with Crippen molar-refractivity contribution in [2.24, 2.45) is 11.7 Å². The number of amides is 1. The predicted molar refractivity (Wildman–Crippen MR) is 124 cm³/mol. The summed E-state index contributed by atoms with van der Waals surface area (Å²) in [5.74, 6) is -0.631. The number of ether oxygens (including phenoxy) is 1. The maximum absolute atomic E-state index is 13.0. The first kappa shape index (κ1) is 23.8. The van der Waals surface area contributed by atoms with Crippen LogP contribution in [0.4, 0.5) is 0 Å². The molecule has 2 aromatic rings. The van der Waals surface area contributed by atoms with E-state index in [9.17, 15) is 14.7 Å². The lowest BCUT2D eigenvalue weighted by Gasteiger charge is -2.25. The lowest BCUT2D eigenvalue weighted by Crippen LogP contribution is -2.31. The molecule has 6 nitrogen and oxygen atoms in total. The van der Waals surface area contributed by atoms with E-state index in [0.29, 0.717) is 26.1 Å². The van der Waals surface area contributed by atoms with Gasteiger partial charge in [-0.25, -0.2) is 0 Å². The Balaban J connectivity index is 1.62. The number of rotatable bonds is 13. The molecule has 0 saturated carbocycles. The van der Waals surface area contributed by atoms with Gasteiger partial charge < -0.3 is 20.5 Å². The molecule has 1 heterocycles. The molecule has 172 valence electrons. The van der Waals surface area contributed by atoms with Crippen molar-refractivity contribution in [1.29, 1.82) is 0 Å². The van der Waals surface area contributed by atoms with Gasteiger partial charge in [0.25, 0.3) is 0 Å². The fourth-order valence-electron chi connectivity index (χ4n) is 4.35. The number of likely N-dealkylation sites (tertiary alicyclic amines) is 1. The SMILES string of the molecule is NCCCCCOc1ccc(C2CC(CC(=O)O)C(=O)N2CCCc2ccccc2)cc1. The molecule has 2 aromatic carbocycles. The maximum atomic E-state index is 13.0. The first-order valence-corrected chi connectivity index (χ1v) is 11.6. The molecule has 2 atom stereocenters. The number of nitrogens with two attached hydrogens (primary N) is 1. The zero-order valence-corrected chi connectivity index (χ0v) is 18.6. The Kier molecular flexibility index (Phi) is 9.11. The number of aryl methyl sites for hydroxylation is 1. The highest BCUT2D eigenvalue weighted by molar-refractivity contribution is 5.85. The third-order valence-corrected chi connectivity index (χ3v) is 6.03. The molecule has 0 bridgehead atoms. The third kappa shape index (κ3) is 6.82. The van der Waals surface area contributed by atoms with Crippen molar-refractivity contribution < 1.29 is 19.4 Å². The van der Waals surface area contributed by atoms with Crippen LogP contribution in [0.15, 0.2) is 54.6 Å². The summed E-state index contributed by atoms with van der Waals surface area (Å²) in [6.07, 6.45) is 5.19. The Morgan fingerprint density at radius 3 is 2.47 bits per heavy atom. The van der Waals surface area contributed by atoms with Crippen molar-refractivity contribution in [2.75, 3.05) is 19.7 Å². The number of aliphatic carboxylic acids is 1. The smallest absolute Gasteiger partial charge is 0.304 e. The number of carbonyl (C=O) groups is 2. The van der Waals surface area contributed by atoms with Gasteiger partial charge in [-0.1, -0.05) is 42.5 Å². The Morgan fingerprint density at radius 2 is 1.78 bits per heavy atom. The highest BCUT2D eigenvalue weighted by atomic mass is 16.5. The zero-order chi connectivity index (χ0) is 22.8. The van der Waals surface area contributed by atoms with Crippen LogP contribution in [0.5, 0.6) is 5.75 Å². The van der Waals surface area contributed by atoms with Gasteiger partial charge in [0.1, 0.15) is 5.75 Å². The van der Waals surface area contributed by atoms with Crippen LogP contribution in [0.25, 0.3) is 0 Å². The minimum Gasteiger partial charge on any atom is -0.494 e. The van der Waals surface area contributed by atoms with E-state index in [1.807, 2.05) is 47.4 Å². The standard InChI is InChI=1S/C26H34N2O4/c27-15-5-2-6-17-32-23-13-11-21(12-14-23)24-18-22(19-25(29)30)26(31)28(24)16-7-10-20-8-3-1-4-9-20/h1,3-4,8-9,11-14,22,24H,2,5-7,10,15-19,27H2,(H,29,30). The second-order valence-corrected chi connectivity index (χ2v) is 8.43. The number of carbonyl (C=O) groups excluding carboxylic acids is 1. The number of carboxylic acids is 1. The van der Waals surface area contributed by atoms with E-state index in [4.69, 9.17) is 10.5 Å². The molecule has 2 unspecified atom stereocenters. The number of benzene rings is 2. The summed E-state index contributed by atoms with van der Waals surface area (Å²) in [6, 6.07) is 18.0. The molecule has 1 fully saturated rings. The minimum absolute atomic E-state index is 0.0503. The molecule has 0 aromatic heterocycles. The quantitative estimate of drug-likeness (QED) is 0.458. The van der Waals surface area contributed by atoms with Gasteiger partial charge in [0.2, 0.25) is 5.91 Å². The number of carboxylic acid groups (broad SMARTS) is 1. The number of hydrogen-bond acceptors (Lipinski definition) is 4.